The zero-order chi connectivity index (χ0) is 16.1. The molecule has 1 atom stereocenters. The molecule has 5 heteroatoms. The fourth-order valence-corrected chi connectivity index (χ4v) is 3.08. The van der Waals surface area contributed by atoms with Crippen LogP contribution in [0.15, 0.2) is 12.1 Å². The summed E-state index contributed by atoms with van der Waals surface area (Å²) >= 11 is 0. The Kier molecular flexibility index (Phi) is 5.64. The minimum Gasteiger partial charge on any atom is -0.504 e. The van der Waals surface area contributed by atoms with Gasteiger partial charge in [0, 0.05) is 37.8 Å². The Hall–Kier alpha value is -1.77. The van der Waals surface area contributed by atoms with Crippen molar-refractivity contribution >= 4 is 0 Å². The normalized spacial score (nSPS) is 17.2. The first-order valence-corrected chi connectivity index (χ1v) is 7.83. The van der Waals surface area contributed by atoms with E-state index in [1.54, 1.807) is 12.1 Å². The van der Waals surface area contributed by atoms with Gasteiger partial charge in [-0.1, -0.05) is 13.8 Å². The number of aromatic hydroxyl groups is 1. The third-order valence-electron chi connectivity index (χ3n) is 4.14. The van der Waals surface area contributed by atoms with Gasteiger partial charge in [-0.3, -0.25) is 4.90 Å². The van der Waals surface area contributed by atoms with Gasteiger partial charge < -0.3 is 15.2 Å². The monoisotopic (exact) mass is 303 g/mol. The van der Waals surface area contributed by atoms with Gasteiger partial charge in [-0.05, 0) is 24.5 Å². The van der Waals surface area contributed by atoms with E-state index in [-0.39, 0.29) is 11.8 Å². The molecule has 0 spiro atoms. The number of piperazine rings is 1. The summed E-state index contributed by atoms with van der Waals surface area (Å²) in [6.45, 7) is 8.02. The van der Waals surface area contributed by atoms with Gasteiger partial charge >= 0.3 is 0 Å². The van der Waals surface area contributed by atoms with Crippen molar-refractivity contribution in [2.45, 2.75) is 26.3 Å². The second-order valence-corrected chi connectivity index (χ2v) is 6.12. The molecule has 1 fully saturated rings. The van der Waals surface area contributed by atoms with Crippen molar-refractivity contribution in [2.24, 2.45) is 5.92 Å². The SMILES string of the molecule is COc1ccc(C#N)c([C@H](CC(C)C)N2CCNCC2)c1O. The zero-order valence-electron chi connectivity index (χ0n) is 13.6. The average molecular weight is 303 g/mol. The number of methoxy groups -OCH3 is 1. The number of nitrogens with one attached hydrogen (secondary N) is 1. The van der Waals surface area contributed by atoms with Crippen molar-refractivity contribution in [3.8, 4) is 17.6 Å². The maximum absolute atomic E-state index is 10.6. The molecule has 0 amide bonds. The maximum Gasteiger partial charge on any atom is 0.163 e. The molecular weight excluding hydrogens is 278 g/mol. The topological polar surface area (TPSA) is 68.5 Å². The molecule has 0 aromatic heterocycles. The minimum atomic E-state index is 0.0341. The Morgan fingerprint density at radius 2 is 2.05 bits per heavy atom. The highest BCUT2D eigenvalue weighted by Gasteiger charge is 2.29. The number of hydrogen-bond acceptors (Lipinski definition) is 5. The standard InChI is InChI=1S/C17H25N3O2/c1-12(2)10-14(20-8-6-19-7-9-20)16-13(11-18)4-5-15(22-3)17(16)21/h4-5,12,14,19,21H,6-10H2,1-3H3/t14-/m0/s1. The Balaban J connectivity index is 2.47. The number of nitriles is 1. The summed E-state index contributed by atoms with van der Waals surface area (Å²) in [4.78, 5) is 2.35. The molecule has 0 saturated carbocycles. The fourth-order valence-electron chi connectivity index (χ4n) is 3.08. The molecule has 120 valence electrons. The van der Waals surface area contributed by atoms with Crippen molar-refractivity contribution in [1.82, 2.24) is 10.2 Å². The highest BCUT2D eigenvalue weighted by molar-refractivity contribution is 5.55. The van der Waals surface area contributed by atoms with E-state index >= 15 is 0 Å². The summed E-state index contributed by atoms with van der Waals surface area (Å²) < 4.78 is 5.24. The minimum absolute atomic E-state index is 0.0341. The number of phenols is 1. The van der Waals surface area contributed by atoms with Gasteiger partial charge in [-0.25, -0.2) is 0 Å². The maximum atomic E-state index is 10.6. The second-order valence-electron chi connectivity index (χ2n) is 6.12. The van der Waals surface area contributed by atoms with Crippen LogP contribution in [0.3, 0.4) is 0 Å². The lowest BCUT2D eigenvalue weighted by molar-refractivity contribution is 0.151. The van der Waals surface area contributed by atoms with Crippen LogP contribution < -0.4 is 10.1 Å². The number of hydrogen-bond donors (Lipinski definition) is 2. The molecule has 1 heterocycles. The van der Waals surface area contributed by atoms with E-state index in [0.29, 0.717) is 22.8 Å². The Morgan fingerprint density at radius 3 is 2.59 bits per heavy atom. The van der Waals surface area contributed by atoms with Gasteiger partial charge in [-0.2, -0.15) is 5.26 Å². The van der Waals surface area contributed by atoms with Crippen LogP contribution in [-0.2, 0) is 0 Å². The molecule has 5 nitrogen and oxygen atoms in total. The van der Waals surface area contributed by atoms with Crippen LogP contribution in [0.2, 0.25) is 0 Å². The van der Waals surface area contributed by atoms with Crippen LogP contribution >= 0.6 is 0 Å². The van der Waals surface area contributed by atoms with E-state index in [0.717, 1.165) is 32.6 Å². The first-order chi connectivity index (χ1) is 10.6. The van der Waals surface area contributed by atoms with Crippen LogP contribution in [0.4, 0.5) is 0 Å². The van der Waals surface area contributed by atoms with Crippen molar-refractivity contribution in [3.63, 3.8) is 0 Å². The molecule has 2 N–H and O–H groups in total. The van der Waals surface area contributed by atoms with E-state index in [1.165, 1.54) is 7.11 Å². The summed E-state index contributed by atoms with van der Waals surface area (Å²) in [7, 11) is 1.53. The van der Waals surface area contributed by atoms with Crippen molar-refractivity contribution in [3.05, 3.63) is 23.3 Å². The van der Waals surface area contributed by atoms with E-state index < -0.39 is 0 Å². The van der Waals surface area contributed by atoms with E-state index in [9.17, 15) is 10.4 Å². The lowest BCUT2D eigenvalue weighted by Gasteiger charge is -2.37. The summed E-state index contributed by atoms with van der Waals surface area (Å²) in [5, 5.41) is 23.4. The fraction of sp³-hybridized carbons (Fsp3) is 0.588. The lowest BCUT2D eigenvalue weighted by atomic mass is 9.91. The molecule has 0 radical (unpaired) electrons. The number of nitrogens with zero attached hydrogens (tertiary/aromatic N) is 2. The average Bonchev–Trinajstić information content (AvgIpc) is 2.53. The highest BCUT2D eigenvalue weighted by atomic mass is 16.5. The number of rotatable bonds is 5. The smallest absolute Gasteiger partial charge is 0.163 e. The quantitative estimate of drug-likeness (QED) is 0.873. The second kappa shape index (κ2) is 7.48. The van der Waals surface area contributed by atoms with Gasteiger partial charge in [0.2, 0.25) is 0 Å². The van der Waals surface area contributed by atoms with Crippen molar-refractivity contribution in [1.29, 1.82) is 5.26 Å². The van der Waals surface area contributed by atoms with Crippen molar-refractivity contribution < 1.29 is 9.84 Å². The predicted molar refractivity (Wildman–Crippen MR) is 86.0 cm³/mol. The van der Waals surface area contributed by atoms with Gasteiger partial charge in [0.25, 0.3) is 0 Å². The molecule has 1 saturated heterocycles. The van der Waals surface area contributed by atoms with Crippen LogP contribution in [0, 0.1) is 17.2 Å². The first-order valence-electron chi connectivity index (χ1n) is 7.83. The van der Waals surface area contributed by atoms with E-state index in [4.69, 9.17) is 4.74 Å². The van der Waals surface area contributed by atoms with Gasteiger partial charge in [0.15, 0.2) is 11.5 Å². The van der Waals surface area contributed by atoms with Gasteiger partial charge in [-0.15, -0.1) is 0 Å². The molecule has 2 rings (SSSR count). The molecular formula is C17H25N3O2. The van der Waals surface area contributed by atoms with Gasteiger partial charge in [0.1, 0.15) is 0 Å². The van der Waals surface area contributed by atoms with Crippen LogP contribution in [-0.4, -0.2) is 43.3 Å². The van der Waals surface area contributed by atoms with Crippen molar-refractivity contribution in [2.75, 3.05) is 33.3 Å². The molecule has 22 heavy (non-hydrogen) atoms. The molecule has 0 bridgehead atoms. The molecule has 1 aliphatic heterocycles. The van der Waals surface area contributed by atoms with Crippen LogP contribution in [0.25, 0.3) is 0 Å². The van der Waals surface area contributed by atoms with Crippen LogP contribution in [0.1, 0.15) is 37.4 Å². The third kappa shape index (κ3) is 3.52. The predicted octanol–water partition coefficient (Wildman–Crippen LogP) is 2.26. The molecule has 1 aromatic rings. The summed E-state index contributed by atoms with van der Waals surface area (Å²) in [5.41, 5.74) is 1.24. The van der Waals surface area contributed by atoms with E-state index in [1.807, 2.05) is 0 Å². The van der Waals surface area contributed by atoms with Gasteiger partial charge in [0.05, 0.1) is 18.7 Å². The number of benzene rings is 1. The molecule has 1 aromatic carbocycles. The molecule has 0 aliphatic carbocycles. The largest absolute Gasteiger partial charge is 0.504 e. The number of ether oxygens (including phenoxy) is 1. The zero-order valence-corrected chi connectivity index (χ0v) is 13.6. The first kappa shape index (κ1) is 16.6. The highest BCUT2D eigenvalue weighted by Crippen LogP contribution is 2.41. The summed E-state index contributed by atoms with van der Waals surface area (Å²) in [6.07, 6.45) is 0.898. The Bertz CT molecular complexity index is 546. The summed E-state index contributed by atoms with van der Waals surface area (Å²) in [6, 6.07) is 5.65. The number of phenolic OH excluding ortho intramolecular Hbond substituents is 1. The molecule has 1 aliphatic rings. The Labute approximate surface area is 132 Å². The molecule has 0 unspecified atom stereocenters. The van der Waals surface area contributed by atoms with Crippen LogP contribution in [0.5, 0.6) is 11.5 Å². The summed E-state index contributed by atoms with van der Waals surface area (Å²) in [5.74, 6) is 1.00. The Morgan fingerprint density at radius 1 is 1.36 bits per heavy atom. The third-order valence-corrected chi connectivity index (χ3v) is 4.14. The lowest BCUT2D eigenvalue weighted by Crippen LogP contribution is -2.45. The van der Waals surface area contributed by atoms with E-state index in [2.05, 4.69) is 30.1 Å².